The Labute approximate surface area is 121 Å². The molecular formula is C16H16F3NO. The highest BCUT2D eigenvalue weighted by Gasteiger charge is 2.34. The van der Waals surface area contributed by atoms with Crippen molar-refractivity contribution in [2.45, 2.75) is 26.1 Å². The van der Waals surface area contributed by atoms with Crippen LogP contribution in [0.3, 0.4) is 0 Å². The van der Waals surface area contributed by atoms with Crippen molar-refractivity contribution < 1.29 is 17.9 Å². The maximum Gasteiger partial charge on any atom is 0.419 e. The molecule has 0 saturated carbocycles. The molecule has 0 aliphatic carbocycles. The molecule has 0 spiro atoms. The molecule has 0 aliphatic heterocycles. The number of hydrogen-bond donors (Lipinski definition) is 1. The zero-order valence-corrected chi connectivity index (χ0v) is 11.6. The third-order valence-electron chi connectivity index (χ3n) is 3.14. The lowest BCUT2D eigenvalue weighted by Gasteiger charge is -2.15. The Bertz CT molecular complexity index is 606. The monoisotopic (exact) mass is 295 g/mol. The van der Waals surface area contributed by atoms with Crippen molar-refractivity contribution in [1.82, 2.24) is 0 Å². The van der Waals surface area contributed by atoms with Gasteiger partial charge in [-0.1, -0.05) is 25.1 Å². The van der Waals surface area contributed by atoms with Gasteiger partial charge in [0.2, 0.25) is 0 Å². The molecule has 112 valence electrons. The van der Waals surface area contributed by atoms with Gasteiger partial charge in [-0.15, -0.1) is 0 Å². The fourth-order valence-corrected chi connectivity index (χ4v) is 1.93. The minimum absolute atomic E-state index is 0.0502. The molecule has 0 aromatic heterocycles. The molecule has 0 unspecified atom stereocenters. The van der Waals surface area contributed by atoms with Gasteiger partial charge in [-0.25, -0.2) is 0 Å². The predicted octanol–water partition coefficient (Wildman–Crippen LogP) is 4.52. The van der Waals surface area contributed by atoms with E-state index >= 15 is 0 Å². The van der Waals surface area contributed by atoms with Crippen LogP contribution in [0.2, 0.25) is 0 Å². The van der Waals surface area contributed by atoms with Gasteiger partial charge in [-0.05, 0) is 41.8 Å². The van der Waals surface area contributed by atoms with E-state index in [9.17, 15) is 13.2 Å². The van der Waals surface area contributed by atoms with E-state index in [0.717, 1.165) is 18.1 Å². The van der Waals surface area contributed by atoms with E-state index in [2.05, 4.69) is 0 Å². The van der Waals surface area contributed by atoms with Gasteiger partial charge in [0.1, 0.15) is 11.5 Å². The summed E-state index contributed by atoms with van der Waals surface area (Å²) in [6.07, 6.45) is -3.62. The quantitative estimate of drug-likeness (QED) is 0.900. The highest BCUT2D eigenvalue weighted by atomic mass is 19.4. The highest BCUT2D eigenvalue weighted by molar-refractivity contribution is 5.42. The third-order valence-corrected chi connectivity index (χ3v) is 3.14. The average molecular weight is 295 g/mol. The molecule has 5 heteroatoms. The Kier molecular flexibility index (Phi) is 4.53. The van der Waals surface area contributed by atoms with Crippen molar-refractivity contribution in [1.29, 1.82) is 0 Å². The highest BCUT2D eigenvalue weighted by Crippen LogP contribution is 2.38. The Morgan fingerprint density at radius 2 is 1.62 bits per heavy atom. The second-order valence-corrected chi connectivity index (χ2v) is 4.63. The molecule has 21 heavy (non-hydrogen) atoms. The minimum Gasteiger partial charge on any atom is -0.457 e. The molecular weight excluding hydrogens is 279 g/mol. The third kappa shape index (κ3) is 3.76. The van der Waals surface area contributed by atoms with Crippen molar-refractivity contribution >= 4 is 0 Å². The van der Waals surface area contributed by atoms with Gasteiger partial charge in [0.15, 0.2) is 0 Å². The van der Waals surface area contributed by atoms with Crippen molar-refractivity contribution in [2.24, 2.45) is 5.73 Å². The lowest BCUT2D eigenvalue weighted by atomic mass is 10.1. The number of rotatable bonds is 4. The van der Waals surface area contributed by atoms with Crippen LogP contribution in [0.5, 0.6) is 11.5 Å². The summed E-state index contributed by atoms with van der Waals surface area (Å²) in [5.41, 5.74) is 6.08. The number of nitrogens with two attached hydrogens (primary N) is 1. The smallest absolute Gasteiger partial charge is 0.419 e. The first-order valence-corrected chi connectivity index (χ1v) is 6.61. The first-order valence-electron chi connectivity index (χ1n) is 6.61. The Hall–Kier alpha value is -2.01. The molecule has 0 bridgehead atoms. The SMILES string of the molecule is CCc1ccc(Oc2ccc(CN)cc2C(F)(F)F)cc1. The summed E-state index contributed by atoms with van der Waals surface area (Å²) in [5, 5.41) is 0. The molecule has 2 aromatic carbocycles. The van der Waals surface area contributed by atoms with Crippen LogP contribution in [0.4, 0.5) is 13.2 Å². The van der Waals surface area contributed by atoms with E-state index in [1.807, 2.05) is 19.1 Å². The van der Waals surface area contributed by atoms with Crippen molar-refractivity contribution in [3.63, 3.8) is 0 Å². The fourth-order valence-electron chi connectivity index (χ4n) is 1.93. The van der Waals surface area contributed by atoms with Crippen LogP contribution in [-0.2, 0) is 19.1 Å². The largest absolute Gasteiger partial charge is 0.457 e. The number of halogens is 3. The number of hydrogen-bond acceptors (Lipinski definition) is 2. The van der Waals surface area contributed by atoms with Gasteiger partial charge < -0.3 is 10.5 Å². The van der Waals surface area contributed by atoms with Gasteiger partial charge in [-0.3, -0.25) is 0 Å². The summed E-state index contributed by atoms with van der Waals surface area (Å²) in [5.74, 6) is 0.155. The Morgan fingerprint density at radius 3 is 2.14 bits per heavy atom. The molecule has 0 amide bonds. The van der Waals surface area contributed by atoms with E-state index in [-0.39, 0.29) is 12.3 Å². The van der Waals surface area contributed by atoms with E-state index in [0.29, 0.717) is 11.3 Å². The number of ether oxygens (including phenoxy) is 1. The maximum absolute atomic E-state index is 13.1. The van der Waals surface area contributed by atoms with Crippen LogP contribution in [0.25, 0.3) is 0 Å². The summed E-state index contributed by atoms with van der Waals surface area (Å²) >= 11 is 0. The van der Waals surface area contributed by atoms with Crippen molar-refractivity contribution in [3.8, 4) is 11.5 Å². The average Bonchev–Trinajstić information content (AvgIpc) is 2.47. The second-order valence-electron chi connectivity index (χ2n) is 4.63. The molecule has 0 heterocycles. The number of alkyl halides is 3. The van der Waals surface area contributed by atoms with Gasteiger partial charge in [0, 0.05) is 6.54 Å². The number of benzene rings is 2. The van der Waals surface area contributed by atoms with Crippen molar-refractivity contribution in [2.75, 3.05) is 0 Å². The van der Waals surface area contributed by atoms with Gasteiger partial charge in [0.05, 0.1) is 5.56 Å². The van der Waals surface area contributed by atoms with E-state index in [1.165, 1.54) is 12.1 Å². The molecule has 0 fully saturated rings. The first kappa shape index (κ1) is 15.4. The van der Waals surface area contributed by atoms with E-state index < -0.39 is 11.7 Å². The lowest BCUT2D eigenvalue weighted by molar-refractivity contribution is -0.138. The summed E-state index contributed by atoms with van der Waals surface area (Å²) in [4.78, 5) is 0. The standard InChI is InChI=1S/C16H16F3NO/c1-2-11-3-6-13(7-4-11)21-15-8-5-12(10-20)9-14(15)16(17,18)19/h3-9H,2,10,20H2,1H3. The molecule has 2 nitrogen and oxygen atoms in total. The normalized spacial score (nSPS) is 11.5. The Morgan fingerprint density at radius 1 is 1.00 bits per heavy atom. The summed E-state index contributed by atoms with van der Waals surface area (Å²) in [6.45, 7) is 2.05. The lowest BCUT2D eigenvalue weighted by Crippen LogP contribution is -2.09. The molecule has 2 aromatic rings. The van der Waals surface area contributed by atoms with Crippen molar-refractivity contribution in [3.05, 3.63) is 59.2 Å². The minimum atomic E-state index is -4.48. The van der Waals surface area contributed by atoms with Gasteiger partial charge >= 0.3 is 6.18 Å². The summed E-state index contributed by atoms with van der Waals surface area (Å²) < 4.78 is 44.6. The number of aryl methyl sites for hydroxylation is 1. The topological polar surface area (TPSA) is 35.2 Å². The van der Waals surface area contributed by atoms with Crippen LogP contribution < -0.4 is 10.5 Å². The molecule has 0 radical (unpaired) electrons. The summed E-state index contributed by atoms with van der Waals surface area (Å²) in [6, 6.07) is 10.8. The van der Waals surface area contributed by atoms with Crippen LogP contribution in [-0.4, -0.2) is 0 Å². The maximum atomic E-state index is 13.1. The van der Waals surface area contributed by atoms with Crippen LogP contribution >= 0.6 is 0 Å². The van der Waals surface area contributed by atoms with Crippen LogP contribution in [0.15, 0.2) is 42.5 Å². The van der Waals surface area contributed by atoms with Gasteiger partial charge in [-0.2, -0.15) is 13.2 Å². The zero-order valence-electron chi connectivity index (χ0n) is 11.6. The first-order chi connectivity index (χ1) is 9.94. The van der Waals surface area contributed by atoms with Crippen LogP contribution in [0, 0.1) is 0 Å². The second kappa shape index (κ2) is 6.18. The molecule has 2 rings (SSSR count). The van der Waals surface area contributed by atoms with E-state index in [4.69, 9.17) is 10.5 Å². The summed E-state index contributed by atoms with van der Waals surface area (Å²) in [7, 11) is 0. The zero-order chi connectivity index (χ0) is 15.5. The van der Waals surface area contributed by atoms with Gasteiger partial charge in [0.25, 0.3) is 0 Å². The van der Waals surface area contributed by atoms with E-state index in [1.54, 1.807) is 12.1 Å². The predicted molar refractivity (Wildman–Crippen MR) is 75.2 cm³/mol. The Balaban J connectivity index is 2.34. The molecule has 0 atom stereocenters. The molecule has 0 saturated heterocycles. The fraction of sp³-hybridized carbons (Fsp3) is 0.250. The molecule has 2 N–H and O–H groups in total. The van der Waals surface area contributed by atoms with Crippen LogP contribution in [0.1, 0.15) is 23.6 Å². The molecule has 0 aliphatic rings.